The SMILES string of the molecule is COCC(NC(=O)CC(O)c1ccc(Cl)cc1)c1ccco1. The largest absolute Gasteiger partial charge is 0.467 e. The maximum Gasteiger partial charge on any atom is 0.223 e. The summed E-state index contributed by atoms with van der Waals surface area (Å²) >= 11 is 5.80. The third-order valence-corrected chi connectivity index (χ3v) is 3.44. The van der Waals surface area contributed by atoms with Crippen LogP contribution in [0.25, 0.3) is 0 Å². The van der Waals surface area contributed by atoms with Crippen molar-refractivity contribution in [2.75, 3.05) is 13.7 Å². The molecule has 2 N–H and O–H groups in total. The smallest absolute Gasteiger partial charge is 0.223 e. The van der Waals surface area contributed by atoms with Crippen LogP contribution in [-0.2, 0) is 9.53 Å². The number of ether oxygens (including phenoxy) is 1. The zero-order chi connectivity index (χ0) is 15.9. The van der Waals surface area contributed by atoms with Gasteiger partial charge in [-0.15, -0.1) is 0 Å². The van der Waals surface area contributed by atoms with Crippen molar-refractivity contribution in [3.05, 3.63) is 59.0 Å². The maximum atomic E-state index is 12.1. The van der Waals surface area contributed by atoms with Crippen LogP contribution in [0.5, 0.6) is 0 Å². The lowest BCUT2D eigenvalue weighted by Crippen LogP contribution is -2.32. The van der Waals surface area contributed by atoms with Gasteiger partial charge in [-0.25, -0.2) is 0 Å². The number of halogens is 1. The number of hydrogen-bond donors (Lipinski definition) is 2. The van der Waals surface area contributed by atoms with Crippen LogP contribution in [0.3, 0.4) is 0 Å². The quantitative estimate of drug-likeness (QED) is 0.822. The van der Waals surface area contributed by atoms with Crippen LogP contribution in [0.4, 0.5) is 0 Å². The second-order valence-electron chi connectivity index (χ2n) is 4.86. The number of carbonyl (C=O) groups is 1. The van der Waals surface area contributed by atoms with Crippen molar-refractivity contribution >= 4 is 17.5 Å². The van der Waals surface area contributed by atoms with Gasteiger partial charge >= 0.3 is 0 Å². The van der Waals surface area contributed by atoms with Gasteiger partial charge in [0.15, 0.2) is 0 Å². The summed E-state index contributed by atoms with van der Waals surface area (Å²) < 4.78 is 10.4. The number of amides is 1. The minimum Gasteiger partial charge on any atom is -0.467 e. The highest BCUT2D eigenvalue weighted by Crippen LogP contribution is 2.20. The van der Waals surface area contributed by atoms with Crippen LogP contribution in [0.15, 0.2) is 47.1 Å². The fourth-order valence-corrected chi connectivity index (χ4v) is 2.21. The molecular weight excluding hydrogens is 306 g/mol. The molecule has 0 aliphatic rings. The van der Waals surface area contributed by atoms with E-state index < -0.39 is 6.10 Å². The van der Waals surface area contributed by atoms with Crippen molar-refractivity contribution in [2.24, 2.45) is 0 Å². The highest BCUT2D eigenvalue weighted by Gasteiger charge is 2.19. The number of benzene rings is 1. The van der Waals surface area contributed by atoms with E-state index in [1.807, 2.05) is 0 Å². The molecule has 22 heavy (non-hydrogen) atoms. The molecule has 0 radical (unpaired) electrons. The van der Waals surface area contributed by atoms with Crippen LogP contribution >= 0.6 is 11.6 Å². The number of aliphatic hydroxyl groups excluding tert-OH is 1. The molecule has 2 unspecified atom stereocenters. The molecule has 0 aliphatic carbocycles. The molecule has 1 aromatic carbocycles. The van der Waals surface area contributed by atoms with Gasteiger partial charge in [0.1, 0.15) is 11.8 Å². The molecule has 0 aliphatic heterocycles. The van der Waals surface area contributed by atoms with Gasteiger partial charge in [0.05, 0.1) is 25.4 Å². The average molecular weight is 324 g/mol. The Hall–Kier alpha value is -1.82. The van der Waals surface area contributed by atoms with Gasteiger partial charge in [0.2, 0.25) is 5.91 Å². The molecule has 0 saturated carbocycles. The van der Waals surface area contributed by atoms with Gasteiger partial charge in [-0.1, -0.05) is 23.7 Å². The maximum absolute atomic E-state index is 12.1. The van der Waals surface area contributed by atoms with E-state index in [9.17, 15) is 9.90 Å². The molecule has 1 aromatic heterocycles. The molecule has 0 saturated heterocycles. The zero-order valence-electron chi connectivity index (χ0n) is 12.2. The van der Waals surface area contributed by atoms with Gasteiger partial charge in [-0.3, -0.25) is 4.79 Å². The fourth-order valence-electron chi connectivity index (χ4n) is 2.08. The van der Waals surface area contributed by atoms with Crippen LogP contribution in [0.2, 0.25) is 5.02 Å². The number of aliphatic hydroxyl groups is 1. The Morgan fingerprint density at radius 2 is 2.09 bits per heavy atom. The van der Waals surface area contributed by atoms with E-state index in [1.54, 1.807) is 43.5 Å². The molecule has 118 valence electrons. The molecule has 2 rings (SSSR count). The van der Waals surface area contributed by atoms with Crippen LogP contribution in [-0.4, -0.2) is 24.7 Å². The molecule has 1 amide bonds. The van der Waals surface area contributed by atoms with Gasteiger partial charge in [0.25, 0.3) is 0 Å². The highest BCUT2D eigenvalue weighted by atomic mass is 35.5. The van der Waals surface area contributed by atoms with E-state index >= 15 is 0 Å². The van der Waals surface area contributed by atoms with Gasteiger partial charge in [0, 0.05) is 12.1 Å². The Morgan fingerprint density at radius 3 is 2.68 bits per heavy atom. The Kier molecular flexibility index (Phi) is 6.00. The molecule has 0 fully saturated rings. The van der Waals surface area contributed by atoms with Crippen molar-refractivity contribution in [1.82, 2.24) is 5.32 Å². The number of methoxy groups -OCH3 is 1. The summed E-state index contributed by atoms with van der Waals surface area (Å²) in [6, 6.07) is 9.86. The first kappa shape index (κ1) is 16.5. The summed E-state index contributed by atoms with van der Waals surface area (Å²) in [5.41, 5.74) is 0.640. The highest BCUT2D eigenvalue weighted by molar-refractivity contribution is 6.30. The standard InChI is InChI=1S/C16H18ClNO4/c1-21-10-13(15-3-2-8-22-15)18-16(20)9-14(19)11-4-6-12(17)7-5-11/h2-8,13-14,19H,9-10H2,1H3,(H,18,20). The number of hydrogen-bond acceptors (Lipinski definition) is 4. The average Bonchev–Trinajstić information content (AvgIpc) is 3.01. The minimum absolute atomic E-state index is 0.0530. The van der Waals surface area contributed by atoms with E-state index in [-0.39, 0.29) is 25.0 Å². The number of carbonyl (C=O) groups excluding carboxylic acids is 1. The fraction of sp³-hybridized carbons (Fsp3) is 0.312. The van der Waals surface area contributed by atoms with Crippen molar-refractivity contribution < 1.29 is 19.1 Å². The predicted molar refractivity (Wildman–Crippen MR) is 82.5 cm³/mol. The molecule has 2 atom stereocenters. The van der Waals surface area contributed by atoms with Gasteiger partial charge < -0.3 is 19.6 Å². The van der Waals surface area contributed by atoms with E-state index in [4.69, 9.17) is 20.8 Å². The van der Waals surface area contributed by atoms with E-state index in [0.717, 1.165) is 0 Å². The third-order valence-electron chi connectivity index (χ3n) is 3.19. The first-order chi connectivity index (χ1) is 10.6. The Bertz CT molecular complexity index is 583. The zero-order valence-corrected chi connectivity index (χ0v) is 12.9. The molecule has 2 aromatic rings. The van der Waals surface area contributed by atoms with Crippen molar-refractivity contribution in [2.45, 2.75) is 18.6 Å². The second-order valence-corrected chi connectivity index (χ2v) is 5.30. The summed E-state index contributed by atoms with van der Waals surface area (Å²) in [6.07, 6.45) is 0.590. The van der Waals surface area contributed by atoms with E-state index in [2.05, 4.69) is 5.32 Å². The summed E-state index contributed by atoms with van der Waals surface area (Å²) in [7, 11) is 1.55. The molecular formula is C16H18ClNO4. The van der Waals surface area contributed by atoms with Gasteiger partial charge in [-0.2, -0.15) is 0 Å². The molecule has 5 nitrogen and oxygen atoms in total. The molecule has 1 heterocycles. The monoisotopic (exact) mass is 323 g/mol. The normalized spacial score (nSPS) is 13.6. The van der Waals surface area contributed by atoms with Crippen molar-refractivity contribution in [3.63, 3.8) is 0 Å². The van der Waals surface area contributed by atoms with Crippen LogP contribution in [0.1, 0.15) is 29.9 Å². The second kappa shape index (κ2) is 7.98. The molecule has 0 spiro atoms. The topological polar surface area (TPSA) is 71.7 Å². The number of rotatable bonds is 7. The first-order valence-electron chi connectivity index (χ1n) is 6.85. The molecule has 0 bridgehead atoms. The lowest BCUT2D eigenvalue weighted by Gasteiger charge is -2.17. The lowest BCUT2D eigenvalue weighted by atomic mass is 10.1. The van der Waals surface area contributed by atoms with Crippen molar-refractivity contribution in [3.8, 4) is 0 Å². The van der Waals surface area contributed by atoms with E-state index in [1.165, 1.54) is 6.26 Å². The van der Waals surface area contributed by atoms with Gasteiger partial charge in [-0.05, 0) is 29.8 Å². The summed E-state index contributed by atoms with van der Waals surface area (Å²) in [4.78, 5) is 12.1. The van der Waals surface area contributed by atoms with Crippen molar-refractivity contribution in [1.29, 1.82) is 0 Å². The van der Waals surface area contributed by atoms with E-state index in [0.29, 0.717) is 16.3 Å². The summed E-state index contributed by atoms with van der Waals surface area (Å²) in [5.74, 6) is 0.317. The van der Waals surface area contributed by atoms with Crippen LogP contribution in [0, 0.1) is 0 Å². The Morgan fingerprint density at radius 1 is 1.36 bits per heavy atom. The van der Waals surface area contributed by atoms with Crippen LogP contribution < -0.4 is 5.32 Å². The summed E-state index contributed by atoms with van der Waals surface area (Å²) in [5, 5.41) is 13.5. The molecule has 6 heteroatoms. The number of furan rings is 1. The summed E-state index contributed by atoms with van der Waals surface area (Å²) in [6.45, 7) is 0.288. The first-order valence-corrected chi connectivity index (χ1v) is 7.23. The Labute approximate surface area is 133 Å². The predicted octanol–water partition coefficient (Wildman–Crippen LogP) is 2.86. The lowest BCUT2D eigenvalue weighted by molar-refractivity contribution is -0.124. The third kappa shape index (κ3) is 4.59. The minimum atomic E-state index is -0.892. The Balaban J connectivity index is 1.94. The number of nitrogens with one attached hydrogen (secondary N) is 1.